The molecule has 29 heavy (non-hydrogen) atoms. The minimum atomic E-state index is -0.112. The number of aromatic nitrogens is 3. The van der Waals surface area contributed by atoms with Gasteiger partial charge in [-0.05, 0) is 31.2 Å². The first-order valence-corrected chi connectivity index (χ1v) is 10.6. The second kappa shape index (κ2) is 8.64. The van der Waals surface area contributed by atoms with E-state index in [2.05, 4.69) is 27.6 Å². The predicted molar refractivity (Wildman–Crippen MR) is 116 cm³/mol. The summed E-state index contributed by atoms with van der Waals surface area (Å²) in [5.41, 5.74) is 3.34. The lowest BCUT2D eigenvalue weighted by atomic mass is 9.87. The fourth-order valence-electron chi connectivity index (χ4n) is 4.23. The van der Waals surface area contributed by atoms with Crippen LogP contribution in [0.4, 0.5) is 5.69 Å². The second-order valence-electron chi connectivity index (χ2n) is 8.03. The fourth-order valence-corrected chi connectivity index (χ4v) is 4.23. The molecule has 2 heterocycles. The van der Waals surface area contributed by atoms with Crippen LogP contribution in [0.5, 0.6) is 0 Å². The van der Waals surface area contributed by atoms with E-state index in [1.807, 2.05) is 48.1 Å². The molecule has 1 aliphatic carbocycles. The third-order valence-electron chi connectivity index (χ3n) is 5.79. The molecule has 1 saturated carbocycles. The third kappa shape index (κ3) is 4.26. The summed E-state index contributed by atoms with van der Waals surface area (Å²) in [5.74, 6) is 0.589. The average molecular weight is 392 g/mol. The number of nitrogens with one attached hydrogen (secondary N) is 2. The molecule has 2 atom stereocenters. The molecule has 0 bridgehead atoms. The number of nitrogens with zero attached hydrogens (tertiary/aromatic N) is 3. The quantitative estimate of drug-likeness (QED) is 0.654. The molecular weight excluding hydrogens is 362 g/mol. The molecule has 6 heteroatoms. The lowest BCUT2D eigenvalue weighted by molar-refractivity contribution is 0.0951. The summed E-state index contributed by atoms with van der Waals surface area (Å²) in [6.07, 6.45) is 8.26. The maximum Gasteiger partial charge on any atom is 0.255 e. The number of carbonyl (C=O) groups is 1. The monoisotopic (exact) mass is 391 g/mol. The predicted octanol–water partition coefficient (Wildman–Crippen LogP) is 4.37. The van der Waals surface area contributed by atoms with Crippen molar-refractivity contribution in [2.75, 3.05) is 5.32 Å². The molecule has 2 N–H and O–H groups in total. The van der Waals surface area contributed by atoms with Gasteiger partial charge in [-0.25, -0.2) is 9.67 Å². The van der Waals surface area contributed by atoms with Gasteiger partial charge in [0.2, 0.25) is 0 Å². The topological polar surface area (TPSA) is 71.8 Å². The van der Waals surface area contributed by atoms with E-state index >= 15 is 0 Å². The molecule has 1 fully saturated rings. The summed E-state index contributed by atoms with van der Waals surface area (Å²) >= 11 is 0. The maximum absolute atomic E-state index is 13.0. The van der Waals surface area contributed by atoms with Crippen molar-refractivity contribution in [1.82, 2.24) is 20.1 Å². The van der Waals surface area contributed by atoms with Gasteiger partial charge in [0.1, 0.15) is 0 Å². The van der Waals surface area contributed by atoms with E-state index in [1.165, 1.54) is 12.8 Å². The molecule has 3 aromatic rings. The Labute approximate surface area is 171 Å². The van der Waals surface area contributed by atoms with Crippen molar-refractivity contribution >= 4 is 22.6 Å². The van der Waals surface area contributed by atoms with Crippen LogP contribution < -0.4 is 10.6 Å². The molecule has 1 aliphatic rings. The van der Waals surface area contributed by atoms with Gasteiger partial charge in [0.15, 0.2) is 5.65 Å². The van der Waals surface area contributed by atoms with Crippen LogP contribution in [0.25, 0.3) is 11.0 Å². The molecule has 0 aliphatic heterocycles. The van der Waals surface area contributed by atoms with Gasteiger partial charge in [-0.1, -0.05) is 50.1 Å². The van der Waals surface area contributed by atoms with Gasteiger partial charge in [-0.15, -0.1) is 0 Å². The largest absolute Gasteiger partial charge is 0.381 e. The van der Waals surface area contributed by atoms with Crippen LogP contribution in [-0.2, 0) is 13.1 Å². The molecule has 0 radical (unpaired) electrons. The number of anilines is 1. The van der Waals surface area contributed by atoms with E-state index in [-0.39, 0.29) is 5.91 Å². The molecule has 6 nitrogen and oxygen atoms in total. The van der Waals surface area contributed by atoms with Crippen LogP contribution in [0.15, 0.2) is 42.7 Å². The Balaban J connectivity index is 1.63. The first kappa shape index (κ1) is 19.4. The lowest BCUT2D eigenvalue weighted by Gasteiger charge is -2.29. The Hall–Kier alpha value is -2.89. The summed E-state index contributed by atoms with van der Waals surface area (Å²) in [7, 11) is 0. The summed E-state index contributed by atoms with van der Waals surface area (Å²) < 4.78 is 1.87. The Morgan fingerprint density at radius 1 is 1.21 bits per heavy atom. The number of pyridine rings is 1. The SMILES string of the molecule is CCn1ncc2c(NC3CCCC(C)C3)c(C(=O)NCc3ccccc3)cnc21. The van der Waals surface area contributed by atoms with E-state index in [1.54, 1.807) is 6.20 Å². The highest BCUT2D eigenvalue weighted by Gasteiger charge is 2.23. The second-order valence-corrected chi connectivity index (χ2v) is 8.03. The van der Waals surface area contributed by atoms with E-state index in [0.29, 0.717) is 24.1 Å². The van der Waals surface area contributed by atoms with Crippen molar-refractivity contribution in [1.29, 1.82) is 0 Å². The van der Waals surface area contributed by atoms with Gasteiger partial charge < -0.3 is 10.6 Å². The smallest absolute Gasteiger partial charge is 0.255 e. The van der Waals surface area contributed by atoms with Gasteiger partial charge in [-0.2, -0.15) is 5.10 Å². The number of carbonyl (C=O) groups excluding carboxylic acids is 1. The Bertz CT molecular complexity index is 982. The minimum Gasteiger partial charge on any atom is -0.381 e. The summed E-state index contributed by atoms with van der Waals surface area (Å²) in [6.45, 7) is 5.59. The van der Waals surface area contributed by atoms with Crippen LogP contribution >= 0.6 is 0 Å². The van der Waals surface area contributed by atoms with Crippen molar-refractivity contribution in [3.05, 3.63) is 53.9 Å². The van der Waals surface area contributed by atoms with Crippen LogP contribution in [0.2, 0.25) is 0 Å². The van der Waals surface area contributed by atoms with Gasteiger partial charge in [0, 0.05) is 25.3 Å². The van der Waals surface area contributed by atoms with Gasteiger partial charge in [0.25, 0.3) is 5.91 Å². The van der Waals surface area contributed by atoms with Gasteiger partial charge >= 0.3 is 0 Å². The Morgan fingerprint density at radius 3 is 2.79 bits per heavy atom. The number of rotatable bonds is 6. The van der Waals surface area contributed by atoms with Crippen LogP contribution in [-0.4, -0.2) is 26.7 Å². The zero-order valence-electron chi connectivity index (χ0n) is 17.2. The van der Waals surface area contributed by atoms with E-state index < -0.39 is 0 Å². The van der Waals surface area contributed by atoms with Crippen LogP contribution in [0.3, 0.4) is 0 Å². The fraction of sp³-hybridized carbons (Fsp3) is 0.435. The third-order valence-corrected chi connectivity index (χ3v) is 5.79. The zero-order valence-corrected chi connectivity index (χ0v) is 17.2. The molecule has 0 spiro atoms. The van der Waals surface area contributed by atoms with Crippen molar-refractivity contribution in [3.8, 4) is 0 Å². The molecule has 0 saturated heterocycles. The first-order chi connectivity index (χ1) is 14.2. The highest BCUT2D eigenvalue weighted by molar-refractivity contribution is 6.06. The molecule has 2 aromatic heterocycles. The number of hydrogen-bond acceptors (Lipinski definition) is 4. The normalized spacial score (nSPS) is 19.2. The number of benzene rings is 1. The molecule has 4 rings (SSSR count). The van der Waals surface area contributed by atoms with E-state index in [0.717, 1.165) is 41.7 Å². The minimum absolute atomic E-state index is 0.112. The molecule has 2 unspecified atom stereocenters. The summed E-state index contributed by atoms with van der Waals surface area (Å²) in [4.78, 5) is 17.6. The zero-order chi connectivity index (χ0) is 20.2. The average Bonchev–Trinajstić information content (AvgIpc) is 3.17. The molecule has 1 amide bonds. The lowest BCUT2D eigenvalue weighted by Crippen LogP contribution is -2.29. The number of aryl methyl sites for hydroxylation is 1. The first-order valence-electron chi connectivity index (χ1n) is 10.6. The summed E-state index contributed by atoms with van der Waals surface area (Å²) in [6, 6.07) is 10.3. The van der Waals surface area contributed by atoms with Gasteiger partial charge in [-0.3, -0.25) is 4.79 Å². The highest BCUT2D eigenvalue weighted by atomic mass is 16.1. The van der Waals surface area contributed by atoms with Gasteiger partial charge in [0.05, 0.1) is 22.8 Å². The summed E-state index contributed by atoms with van der Waals surface area (Å²) in [5, 5.41) is 12.1. The number of hydrogen-bond donors (Lipinski definition) is 2. The standard InChI is InChI=1S/C23H29N5O/c1-3-28-22-19(15-26-28)21(27-18-11-7-8-16(2)12-18)20(14-24-22)23(29)25-13-17-9-5-4-6-10-17/h4-6,9-10,14-16,18H,3,7-8,11-13H2,1-2H3,(H,24,27)(H,25,29). The van der Waals surface area contributed by atoms with E-state index in [4.69, 9.17) is 0 Å². The highest BCUT2D eigenvalue weighted by Crippen LogP contribution is 2.31. The van der Waals surface area contributed by atoms with Crippen molar-refractivity contribution in [3.63, 3.8) is 0 Å². The maximum atomic E-state index is 13.0. The van der Waals surface area contributed by atoms with E-state index in [9.17, 15) is 4.79 Å². The molecular formula is C23H29N5O. The van der Waals surface area contributed by atoms with Crippen molar-refractivity contribution in [2.24, 2.45) is 5.92 Å². The molecule has 152 valence electrons. The Kier molecular flexibility index (Phi) is 5.79. The van der Waals surface area contributed by atoms with Crippen LogP contribution in [0, 0.1) is 5.92 Å². The Morgan fingerprint density at radius 2 is 2.03 bits per heavy atom. The van der Waals surface area contributed by atoms with Crippen LogP contribution in [0.1, 0.15) is 55.5 Å². The van der Waals surface area contributed by atoms with Crippen molar-refractivity contribution in [2.45, 2.75) is 58.7 Å². The van der Waals surface area contributed by atoms with Crippen molar-refractivity contribution < 1.29 is 4.79 Å². The number of amides is 1. The molecule has 1 aromatic carbocycles. The number of fused-ring (bicyclic) bond motifs is 1.